The van der Waals surface area contributed by atoms with E-state index in [0.717, 1.165) is 30.0 Å². The molecule has 1 aromatic carbocycles. The van der Waals surface area contributed by atoms with Crippen LogP contribution in [0.5, 0.6) is 0 Å². The fraction of sp³-hybridized carbons (Fsp3) is 0.200. The number of imidazole rings is 1. The predicted molar refractivity (Wildman–Crippen MR) is 75.6 cm³/mol. The molecule has 2 N–H and O–H groups in total. The molecule has 0 spiro atoms. The molecule has 2 heterocycles. The Hall–Kier alpha value is -2.20. The first-order chi connectivity index (χ1) is 9.31. The molecule has 0 saturated carbocycles. The minimum Gasteiger partial charge on any atom is -0.347 e. The topological polar surface area (TPSA) is 53.6 Å². The summed E-state index contributed by atoms with van der Waals surface area (Å²) < 4.78 is 0. The van der Waals surface area contributed by atoms with E-state index in [1.165, 1.54) is 10.9 Å². The van der Waals surface area contributed by atoms with Gasteiger partial charge in [-0.15, -0.1) is 0 Å². The summed E-state index contributed by atoms with van der Waals surface area (Å²) in [5.41, 5.74) is 4.46. The van der Waals surface area contributed by atoms with E-state index in [-0.39, 0.29) is 0 Å². The summed E-state index contributed by atoms with van der Waals surface area (Å²) in [7, 11) is 0. The van der Waals surface area contributed by atoms with E-state index in [0.29, 0.717) is 0 Å². The van der Waals surface area contributed by atoms with Gasteiger partial charge in [-0.3, -0.25) is 4.98 Å². The van der Waals surface area contributed by atoms with E-state index in [1.807, 2.05) is 19.2 Å². The van der Waals surface area contributed by atoms with Crippen LogP contribution in [0.2, 0.25) is 0 Å². The number of hydrogen-bond acceptors (Lipinski definition) is 3. The normalized spacial score (nSPS) is 11.0. The van der Waals surface area contributed by atoms with Crippen LogP contribution in [-0.2, 0) is 13.1 Å². The number of nitrogens with one attached hydrogen (secondary N) is 2. The second kappa shape index (κ2) is 5.20. The lowest BCUT2D eigenvalue weighted by atomic mass is 10.1. The van der Waals surface area contributed by atoms with Crippen molar-refractivity contribution >= 4 is 10.9 Å². The summed E-state index contributed by atoms with van der Waals surface area (Å²) in [5, 5.41) is 4.58. The van der Waals surface area contributed by atoms with E-state index in [9.17, 15) is 0 Å². The van der Waals surface area contributed by atoms with Gasteiger partial charge in [0.15, 0.2) is 0 Å². The zero-order valence-electron chi connectivity index (χ0n) is 10.9. The molecule has 0 bridgehead atoms. The van der Waals surface area contributed by atoms with E-state index in [1.54, 1.807) is 6.33 Å². The maximum atomic E-state index is 4.50. The number of fused-ring (bicyclic) bond motifs is 1. The molecule has 2 aromatic heterocycles. The molecule has 4 nitrogen and oxygen atoms in total. The number of H-pyrrole nitrogens is 1. The number of pyridine rings is 1. The highest BCUT2D eigenvalue weighted by Crippen LogP contribution is 2.14. The van der Waals surface area contributed by atoms with Gasteiger partial charge in [-0.25, -0.2) is 4.98 Å². The van der Waals surface area contributed by atoms with Crippen LogP contribution in [0.3, 0.4) is 0 Å². The molecule has 3 aromatic rings. The molecule has 3 rings (SSSR count). The molecular formula is C15H16N4. The molecule has 4 heteroatoms. The zero-order valence-corrected chi connectivity index (χ0v) is 10.9. The molecule has 0 aliphatic heterocycles. The second-order valence-corrected chi connectivity index (χ2v) is 4.66. The van der Waals surface area contributed by atoms with Crippen LogP contribution in [0.4, 0.5) is 0 Å². The van der Waals surface area contributed by atoms with Crippen molar-refractivity contribution in [1.29, 1.82) is 0 Å². The Morgan fingerprint density at radius 3 is 2.95 bits per heavy atom. The third kappa shape index (κ3) is 2.80. The first-order valence-electron chi connectivity index (χ1n) is 6.35. The van der Waals surface area contributed by atoms with Gasteiger partial charge in [-0.2, -0.15) is 0 Å². The molecule has 0 saturated heterocycles. The Morgan fingerprint density at radius 1 is 1.16 bits per heavy atom. The molecule has 96 valence electrons. The van der Waals surface area contributed by atoms with Gasteiger partial charge in [0.25, 0.3) is 0 Å². The van der Waals surface area contributed by atoms with E-state index in [2.05, 4.69) is 44.5 Å². The van der Waals surface area contributed by atoms with Crippen LogP contribution >= 0.6 is 0 Å². The lowest BCUT2D eigenvalue weighted by Crippen LogP contribution is -2.12. The van der Waals surface area contributed by atoms with Gasteiger partial charge >= 0.3 is 0 Å². The summed E-state index contributed by atoms with van der Waals surface area (Å²) in [6, 6.07) is 10.5. The van der Waals surface area contributed by atoms with Crippen molar-refractivity contribution in [2.75, 3.05) is 0 Å². The fourth-order valence-electron chi connectivity index (χ4n) is 2.11. The van der Waals surface area contributed by atoms with Crippen molar-refractivity contribution in [3.05, 3.63) is 59.8 Å². The number of aromatic amines is 1. The SMILES string of the molecule is Cc1ccc2cc(CNCc3cnc[nH]3)ccc2n1. The number of benzene rings is 1. The Morgan fingerprint density at radius 2 is 2.11 bits per heavy atom. The molecule has 0 amide bonds. The highest BCUT2D eigenvalue weighted by atomic mass is 14.9. The maximum Gasteiger partial charge on any atom is 0.0922 e. The maximum absolute atomic E-state index is 4.50. The van der Waals surface area contributed by atoms with Crippen molar-refractivity contribution in [2.24, 2.45) is 0 Å². The van der Waals surface area contributed by atoms with Crippen LogP contribution in [0.25, 0.3) is 10.9 Å². The van der Waals surface area contributed by atoms with Crippen molar-refractivity contribution in [1.82, 2.24) is 20.3 Å². The summed E-state index contributed by atoms with van der Waals surface area (Å²) in [6.07, 6.45) is 3.53. The average molecular weight is 252 g/mol. The van der Waals surface area contributed by atoms with Crippen LogP contribution in [0, 0.1) is 6.92 Å². The van der Waals surface area contributed by atoms with Crippen LogP contribution in [-0.4, -0.2) is 15.0 Å². The quantitative estimate of drug-likeness (QED) is 0.750. The lowest BCUT2D eigenvalue weighted by molar-refractivity contribution is 0.683. The minimum atomic E-state index is 0.796. The summed E-state index contributed by atoms with van der Waals surface area (Å²) in [4.78, 5) is 11.6. The van der Waals surface area contributed by atoms with Crippen molar-refractivity contribution in [3.63, 3.8) is 0 Å². The lowest BCUT2D eigenvalue weighted by Gasteiger charge is -2.05. The highest BCUT2D eigenvalue weighted by Gasteiger charge is 1.99. The monoisotopic (exact) mass is 252 g/mol. The summed E-state index contributed by atoms with van der Waals surface area (Å²) >= 11 is 0. The van der Waals surface area contributed by atoms with Gasteiger partial charge in [0.05, 0.1) is 11.8 Å². The van der Waals surface area contributed by atoms with Crippen molar-refractivity contribution in [3.8, 4) is 0 Å². The first kappa shape index (κ1) is 11.9. The van der Waals surface area contributed by atoms with Gasteiger partial charge in [0.1, 0.15) is 0 Å². The van der Waals surface area contributed by atoms with E-state index < -0.39 is 0 Å². The summed E-state index contributed by atoms with van der Waals surface area (Å²) in [5.74, 6) is 0. The van der Waals surface area contributed by atoms with Crippen molar-refractivity contribution in [2.45, 2.75) is 20.0 Å². The van der Waals surface area contributed by atoms with Crippen LogP contribution in [0.1, 0.15) is 17.0 Å². The molecule has 0 unspecified atom stereocenters. The second-order valence-electron chi connectivity index (χ2n) is 4.66. The van der Waals surface area contributed by atoms with E-state index in [4.69, 9.17) is 0 Å². The Bertz CT molecular complexity index is 674. The van der Waals surface area contributed by atoms with Gasteiger partial charge < -0.3 is 10.3 Å². The smallest absolute Gasteiger partial charge is 0.0922 e. The van der Waals surface area contributed by atoms with Crippen LogP contribution < -0.4 is 5.32 Å². The zero-order chi connectivity index (χ0) is 13.1. The Balaban J connectivity index is 1.69. The first-order valence-corrected chi connectivity index (χ1v) is 6.35. The number of rotatable bonds is 4. The minimum absolute atomic E-state index is 0.796. The number of hydrogen-bond donors (Lipinski definition) is 2. The van der Waals surface area contributed by atoms with Gasteiger partial charge in [0, 0.05) is 36.1 Å². The molecule has 19 heavy (non-hydrogen) atoms. The molecule has 0 radical (unpaired) electrons. The molecule has 0 aliphatic rings. The third-order valence-corrected chi connectivity index (χ3v) is 3.09. The number of nitrogens with zero attached hydrogens (tertiary/aromatic N) is 2. The Kier molecular flexibility index (Phi) is 3.25. The highest BCUT2D eigenvalue weighted by molar-refractivity contribution is 5.79. The fourth-order valence-corrected chi connectivity index (χ4v) is 2.11. The van der Waals surface area contributed by atoms with Crippen molar-refractivity contribution < 1.29 is 0 Å². The standard InChI is InChI=1S/C15H16N4/c1-11-2-4-13-6-12(3-5-15(13)19-11)7-16-8-14-9-17-10-18-14/h2-6,9-10,16H,7-8H2,1H3,(H,17,18). The predicted octanol–water partition coefficient (Wildman–Crippen LogP) is 2.56. The molecular weight excluding hydrogens is 236 g/mol. The third-order valence-electron chi connectivity index (χ3n) is 3.09. The van der Waals surface area contributed by atoms with Gasteiger partial charge in [-0.05, 0) is 30.7 Å². The molecule has 0 aliphatic carbocycles. The average Bonchev–Trinajstić information content (AvgIpc) is 2.92. The largest absolute Gasteiger partial charge is 0.347 e. The van der Waals surface area contributed by atoms with Gasteiger partial charge in [0.2, 0.25) is 0 Å². The van der Waals surface area contributed by atoms with E-state index >= 15 is 0 Å². The van der Waals surface area contributed by atoms with Gasteiger partial charge in [-0.1, -0.05) is 12.1 Å². The molecule has 0 fully saturated rings. The number of aryl methyl sites for hydroxylation is 1. The molecule has 0 atom stereocenters. The van der Waals surface area contributed by atoms with Crippen LogP contribution in [0.15, 0.2) is 42.9 Å². The Labute approximate surface area is 111 Å². The summed E-state index contributed by atoms with van der Waals surface area (Å²) in [6.45, 7) is 3.65. The number of aromatic nitrogens is 3.